The first-order valence-corrected chi connectivity index (χ1v) is 6.44. The van der Waals surface area contributed by atoms with Crippen LogP contribution in [0.1, 0.15) is 31.5 Å². The Labute approximate surface area is 104 Å². The smallest absolute Gasteiger partial charge is 0.135 e. The Kier molecular flexibility index (Phi) is 3.76. The van der Waals surface area contributed by atoms with Crippen molar-refractivity contribution in [3.8, 4) is 0 Å². The summed E-state index contributed by atoms with van der Waals surface area (Å²) in [6.07, 6.45) is 2.39. The van der Waals surface area contributed by atoms with Gasteiger partial charge in [-0.3, -0.25) is 0 Å². The Bertz CT molecular complexity index is 368. The highest BCUT2D eigenvalue weighted by Crippen LogP contribution is 2.39. The lowest BCUT2D eigenvalue weighted by Gasteiger charge is -2.21. The van der Waals surface area contributed by atoms with Gasteiger partial charge in [-0.05, 0) is 35.7 Å². The van der Waals surface area contributed by atoms with Crippen molar-refractivity contribution in [3.05, 3.63) is 16.5 Å². The zero-order valence-electron chi connectivity index (χ0n) is 9.36. The van der Waals surface area contributed by atoms with Gasteiger partial charge in [0.25, 0.3) is 0 Å². The number of likely N-dealkylation sites (N-methyl/N-ethyl adjacent to an activating group) is 1. The lowest BCUT2D eigenvalue weighted by molar-refractivity contribution is 0.302. The minimum atomic E-state index is 0.147. The molecule has 0 spiro atoms. The molecule has 1 saturated carbocycles. The van der Waals surface area contributed by atoms with Crippen LogP contribution in [0.3, 0.4) is 0 Å². The Balaban J connectivity index is 2.24. The Morgan fingerprint density at radius 3 is 2.81 bits per heavy atom. The lowest BCUT2D eigenvalue weighted by atomic mass is 10.3. The van der Waals surface area contributed by atoms with Crippen molar-refractivity contribution in [2.24, 2.45) is 0 Å². The minimum Gasteiger partial charge on any atom is -0.395 e. The van der Waals surface area contributed by atoms with Crippen LogP contribution in [0.2, 0.25) is 0 Å². The van der Waals surface area contributed by atoms with E-state index >= 15 is 0 Å². The van der Waals surface area contributed by atoms with Gasteiger partial charge >= 0.3 is 0 Å². The number of aliphatic hydroxyl groups excluding tert-OH is 1. The summed E-state index contributed by atoms with van der Waals surface area (Å²) in [6.45, 7) is 3.66. The van der Waals surface area contributed by atoms with Gasteiger partial charge in [0.1, 0.15) is 16.2 Å². The van der Waals surface area contributed by atoms with E-state index in [1.165, 1.54) is 12.8 Å². The maximum absolute atomic E-state index is 8.99. The molecule has 0 aromatic carbocycles. The molecule has 4 nitrogen and oxygen atoms in total. The van der Waals surface area contributed by atoms with Crippen molar-refractivity contribution < 1.29 is 5.11 Å². The fourth-order valence-corrected chi connectivity index (χ4v) is 2.05. The van der Waals surface area contributed by atoms with E-state index in [0.717, 1.165) is 22.8 Å². The fraction of sp³-hybridized carbons (Fsp3) is 0.636. The number of nitrogens with zero attached hydrogens (tertiary/aromatic N) is 3. The first-order valence-electron chi connectivity index (χ1n) is 5.65. The van der Waals surface area contributed by atoms with Crippen LogP contribution < -0.4 is 4.90 Å². The van der Waals surface area contributed by atoms with Crippen LogP contribution in [-0.4, -0.2) is 34.8 Å². The van der Waals surface area contributed by atoms with E-state index < -0.39 is 0 Å². The van der Waals surface area contributed by atoms with E-state index in [2.05, 4.69) is 37.7 Å². The van der Waals surface area contributed by atoms with E-state index in [4.69, 9.17) is 5.11 Å². The third-order valence-corrected chi connectivity index (χ3v) is 3.12. The van der Waals surface area contributed by atoms with Gasteiger partial charge in [-0.2, -0.15) is 0 Å². The molecule has 88 valence electrons. The number of aromatic nitrogens is 2. The fourth-order valence-electron chi connectivity index (χ4n) is 1.66. The summed E-state index contributed by atoms with van der Waals surface area (Å²) in [5.41, 5.74) is 0. The molecule has 1 heterocycles. The van der Waals surface area contributed by atoms with Gasteiger partial charge in [-0.25, -0.2) is 9.97 Å². The molecule has 1 aromatic heterocycles. The SMILES string of the molecule is CCN(CCO)c1cc(Br)nc(C2CC2)n1. The molecule has 1 aromatic rings. The van der Waals surface area contributed by atoms with Gasteiger partial charge < -0.3 is 10.0 Å². The van der Waals surface area contributed by atoms with Gasteiger partial charge in [-0.1, -0.05) is 0 Å². The van der Waals surface area contributed by atoms with Crippen LogP contribution >= 0.6 is 15.9 Å². The molecule has 16 heavy (non-hydrogen) atoms. The van der Waals surface area contributed by atoms with Crippen LogP contribution in [0.25, 0.3) is 0 Å². The van der Waals surface area contributed by atoms with Crippen molar-refractivity contribution in [2.45, 2.75) is 25.7 Å². The summed E-state index contributed by atoms with van der Waals surface area (Å²) in [5, 5.41) is 8.99. The van der Waals surface area contributed by atoms with Crippen LogP contribution in [0, 0.1) is 0 Å². The third kappa shape index (κ3) is 2.71. The maximum atomic E-state index is 8.99. The quantitative estimate of drug-likeness (QED) is 0.840. The highest BCUT2D eigenvalue weighted by molar-refractivity contribution is 9.10. The monoisotopic (exact) mass is 285 g/mol. The molecule has 0 radical (unpaired) electrons. The molecule has 1 aliphatic carbocycles. The van der Waals surface area contributed by atoms with E-state index in [9.17, 15) is 0 Å². The number of aliphatic hydroxyl groups is 1. The predicted molar refractivity (Wildman–Crippen MR) is 66.7 cm³/mol. The van der Waals surface area contributed by atoms with Crippen molar-refractivity contribution in [3.63, 3.8) is 0 Å². The zero-order valence-corrected chi connectivity index (χ0v) is 10.9. The molecular formula is C11H16BrN3O. The average Bonchev–Trinajstić information content (AvgIpc) is 3.08. The second kappa shape index (κ2) is 5.10. The molecular weight excluding hydrogens is 270 g/mol. The summed E-state index contributed by atoms with van der Waals surface area (Å²) in [5.74, 6) is 2.38. The summed E-state index contributed by atoms with van der Waals surface area (Å²) < 4.78 is 0.829. The topological polar surface area (TPSA) is 49.2 Å². The van der Waals surface area contributed by atoms with Gasteiger partial charge in [-0.15, -0.1) is 0 Å². The largest absolute Gasteiger partial charge is 0.395 e. The lowest BCUT2D eigenvalue weighted by Crippen LogP contribution is -2.27. The first kappa shape index (κ1) is 11.8. The van der Waals surface area contributed by atoms with Crippen molar-refractivity contribution in [1.82, 2.24) is 9.97 Å². The third-order valence-electron chi connectivity index (χ3n) is 2.72. The highest BCUT2D eigenvalue weighted by atomic mass is 79.9. The second-order valence-corrected chi connectivity index (χ2v) is 4.80. The Hall–Kier alpha value is -0.680. The standard InChI is InChI=1S/C11H16BrN3O/c1-2-15(5-6-16)10-7-9(12)13-11(14-10)8-3-4-8/h7-8,16H,2-6H2,1H3. The first-order chi connectivity index (χ1) is 7.74. The molecule has 0 amide bonds. The summed E-state index contributed by atoms with van der Waals surface area (Å²) in [6, 6.07) is 1.91. The van der Waals surface area contributed by atoms with Crippen molar-refractivity contribution >= 4 is 21.7 Å². The molecule has 0 bridgehead atoms. The van der Waals surface area contributed by atoms with E-state index in [-0.39, 0.29) is 6.61 Å². The van der Waals surface area contributed by atoms with Crippen LogP contribution in [0.15, 0.2) is 10.7 Å². The number of anilines is 1. The van der Waals surface area contributed by atoms with Crippen LogP contribution in [0.4, 0.5) is 5.82 Å². The van der Waals surface area contributed by atoms with Gasteiger partial charge in [0.05, 0.1) is 6.61 Å². The molecule has 0 unspecified atom stereocenters. The number of hydrogen-bond donors (Lipinski definition) is 1. The molecule has 0 saturated heterocycles. The molecule has 1 fully saturated rings. The van der Waals surface area contributed by atoms with E-state index in [1.54, 1.807) is 0 Å². The molecule has 5 heteroatoms. The van der Waals surface area contributed by atoms with Crippen LogP contribution in [-0.2, 0) is 0 Å². The van der Waals surface area contributed by atoms with Crippen molar-refractivity contribution in [1.29, 1.82) is 0 Å². The van der Waals surface area contributed by atoms with E-state index in [0.29, 0.717) is 12.5 Å². The highest BCUT2D eigenvalue weighted by Gasteiger charge is 2.27. The minimum absolute atomic E-state index is 0.147. The molecule has 0 aliphatic heterocycles. The maximum Gasteiger partial charge on any atom is 0.135 e. The Morgan fingerprint density at radius 1 is 1.50 bits per heavy atom. The molecule has 2 rings (SSSR count). The van der Waals surface area contributed by atoms with Gasteiger partial charge in [0.15, 0.2) is 0 Å². The van der Waals surface area contributed by atoms with Gasteiger partial charge in [0.2, 0.25) is 0 Å². The predicted octanol–water partition coefficient (Wildman–Crippen LogP) is 1.94. The summed E-state index contributed by atoms with van der Waals surface area (Å²) >= 11 is 3.42. The zero-order chi connectivity index (χ0) is 11.5. The average molecular weight is 286 g/mol. The molecule has 1 aliphatic rings. The number of halogens is 1. The van der Waals surface area contributed by atoms with Crippen LogP contribution in [0.5, 0.6) is 0 Å². The second-order valence-electron chi connectivity index (χ2n) is 3.98. The normalized spacial score (nSPS) is 15.2. The number of hydrogen-bond acceptors (Lipinski definition) is 4. The molecule has 0 atom stereocenters. The van der Waals surface area contributed by atoms with E-state index in [1.807, 2.05) is 6.07 Å². The summed E-state index contributed by atoms with van der Waals surface area (Å²) in [7, 11) is 0. The van der Waals surface area contributed by atoms with Crippen molar-refractivity contribution in [2.75, 3.05) is 24.6 Å². The molecule has 1 N–H and O–H groups in total. The van der Waals surface area contributed by atoms with Gasteiger partial charge in [0, 0.05) is 25.1 Å². The summed E-state index contributed by atoms with van der Waals surface area (Å²) in [4.78, 5) is 11.0. The Morgan fingerprint density at radius 2 is 2.25 bits per heavy atom. The number of rotatable bonds is 5.